The number of halogens is 3. The van der Waals surface area contributed by atoms with Gasteiger partial charge in [-0.25, -0.2) is 0 Å². The van der Waals surface area contributed by atoms with Crippen LogP contribution in [0.15, 0.2) is 60.7 Å². The van der Waals surface area contributed by atoms with Gasteiger partial charge in [-0.15, -0.1) is 0 Å². The molecule has 3 N–H and O–H groups in total. The maximum absolute atomic E-state index is 12.7. The van der Waals surface area contributed by atoms with Gasteiger partial charge < -0.3 is 15.8 Å². The molecule has 3 aromatic rings. The summed E-state index contributed by atoms with van der Waals surface area (Å²) >= 11 is 0. The van der Waals surface area contributed by atoms with Gasteiger partial charge in [0.15, 0.2) is 0 Å². The van der Waals surface area contributed by atoms with Crippen LogP contribution >= 0.6 is 0 Å². The third-order valence-corrected chi connectivity index (χ3v) is 4.29. The first-order valence-electron chi connectivity index (χ1n) is 8.63. The Bertz CT molecular complexity index is 1060. The number of primary amides is 1. The van der Waals surface area contributed by atoms with Crippen molar-refractivity contribution in [3.8, 4) is 11.5 Å². The minimum absolute atomic E-state index is 0.252. The minimum atomic E-state index is -4.42. The van der Waals surface area contributed by atoms with Crippen molar-refractivity contribution in [1.82, 2.24) is 5.32 Å². The van der Waals surface area contributed by atoms with Gasteiger partial charge in [0, 0.05) is 10.9 Å². The second-order valence-corrected chi connectivity index (χ2v) is 6.41. The number of ether oxygens (including phenoxy) is 1. The van der Waals surface area contributed by atoms with Crippen molar-refractivity contribution in [2.75, 3.05) is 0 Å². The largest absolute Gasteiger partial charge is 0.457 e. The maximum Gasteiger partial charge on any atom is 0.416 e. The van der Waals surface area contributed by atoms with Gasteiger partial charge in [-0.1, -0.05) is 12.1 Å². The van der Waals surface area contributed by atoms with Gasteiger partial charge in [0.25, 0.3) is 5.91 Å². The van der Waals surface area contributed by atoms with E-state index in [0.29, 0.717) is 22.1 Å². The molecule has 0 aromatic heterocycles. The highest BCUT2D eigenvalue weighted by Crippen LogP contribution is 2.33. The lowest BCUT2D eigenvalue weighted by atomic mass is 10.1. The Morgan fingerprint density at radius 2 is 1.72 bits per heavy atom. The second kappa shape index (κ2) is 7.83. The predicted octanol–water partition coefficient (Wildman–Crippen LogP) is 4.25. The van der Waals surface area contributed by atoms with Crippen molar-refractivity contribution in [2.24, 2.45) is 5.73 Å². The summed E-state index contributed by atoms with van der Waals surface area (Å²) in [6.45, 7) is 1.48. The molecule has 2 amide bonds. The number of nitrogens with one attached hydrogen (secondary N) is 1. The Morgan fingerprint density at radius 1 is 1.03 bits per heavy atom. The molecule has 3 aromatic carbocycles. The average Bonchev–Trinajstić information content (AvgIpc) is 2.67. The highest BCUT2D eigenvalue weighted by Gasteiger charge is 2.30. The summed E-state index contributed by atoms with van der Waals surface area (Å²) in [7, 11) is 0. The summed E-state index contributed by atoms with van der Waals surface area (Å²) in [4.78, 5) is 23.4. The molecule has 5 nitrogen and oxygen atoms in total. The lowest BCUT2D eigenvalue weighted by molar-refractivity contribution is -0.137. The highest BCUT2D eigenvalue weighted by atomic mass is 19.4. The summed E-state index contributed by atoms with van der Waals surface area (Å²) in [5.74, 6) is -0.416. The van der Waals surface area contributed by atoms with E-state index in [0.717, 1.165) is 12.1 Å². The lowest BCUT2D eigenvalue weighted by Gasteiger charge is -2.13. The number of rotatable bonds is 5. The van der Waals surface area contributed by atoms with Crippen LogP contribution in [0.4, 0.5) is 13.2 Å². The van der Waals surface area contributed by atoms with Crippen molar-refractivity contribution in [3.05, 3.63) is 71.8 Å². The van der Waals surface area contributed by atoms with E-state index in [2.05, 4.69) is 5.32 Å². The third-order valence-electron chi connectivity index (χ3n) is 4.29. The topological polar surface area (TPSA) is 81.4 Å². The van der Waals surface area contributed by atoms with Crippen LogP contribution in [0.25, 0.3) is 10.8 Å². The van der Waals surface area contributed by atoms with Gasteiger partial charge in [-0.2, -0.15) is 13.2 Å². The molecular formula is C21H17F3N2O3. The van der Waals surface area contributed by atoms with Crippen molar-refractivity contribution < 1.29 is 27.5 Å². The SMILES string of the molecule is CC(NC(=O)c1ccc2c(Oc3ccc(C(F)(F)F)cc3)cccc2c1)C(N)=O. The maximum atomic E-state index is 12.7. The molecule has 0 spiro atoms. The Balaban J connectivity index is 1.85. The number of carbonyl (C=O) groups is 2. The quantitative estimate of drug-likeness (QED) is 0.669. The molecule has 0 saturated carbocycles. The zero-order chi connectivity index (χ0) is 21.2. The van der Waals surface area contributed by atoms with Crippen LogP contribution in [0.1, 0.15) is 22.8 Å². The monoisotopic (exact) mass is 402 g/mol. The fraction of sp³-hybridized carbons (Fsp3) is 0.143. The molecule has 29 heavy (non-hydrogen) atoms. The van der Waals surface area contributed by atoms with Gasteiger partial charge >= 0.3 is 6.18 Å². The second-order valence-electron chi connectivity index (χ2n) is 6.41. The molecule has 150 valence electrons. The molecule has 0 aliphatic heterocycles. The number of benzene rings is 3. The Labute approximate surface area is 164 Å². The number of carbonyl (C=O) groups excluding carboxylic acids is 2. The smallest absolute Gasteiger partial charge is 0.416 e. The van der Waals surface area contributed by atoms with E-state index in [4.69, 9.17) is 10.5 Å². The van der Waals surface area contributed by atoms with Crippen LogP contribution in [0, 0.1) is 0 Å². The third kappa shape index (κ3) is 4.66. The first kappa shape index (κ1) is 20.2. The molecule has 8 heteroatoms. The van der Waals surface area contributed by atoms with E-state index in [1.807, 2.05) is 0 Å². The van der Waals surface area contributed by atoms with Gasteiger partial charge in [-0.05, 0) is 60.8 Å². The number of amides is 2. The first-order valence-corrected chi connectivity index (χ1v) is 8.63. The molecule has 0 heterocycles. The minimum Gasteiger partial charge on any atom is -0.457 e. The molecule has 1 unspecified atom stereocenters. The highest BCUT2D eigenvalue weighted by molar-refractivity contribution is 6.01. The van der Waals surface area contributed by atoms with Gasteiger partial charge in [0.2, 0.25) is 5.91 Å². The summed E-state index contributed by atoms with van der Waals surface area (Å²) in [5.41, 5.74) is 4.72. The summed E-state index contributed by atoms with van der Waals surface area (Å²) in [6.07, 6.45) is -4.42. The van der Waals surface area contributed by atoms with Crippen LogP contribution in [0.3, 0.4) is 0 Å². The Kier molecular flexibility index (Phi) is 5.45. The van der Waals surface area contributed by atoms with Gasteiger partial charge in [0.1, 0.15) is 17.5 Å². The molecule has 0 aliphatic rings. The Hall–Kier alpha value is -3.55. The number of hydrogen-bond acceptors (Lipinski definition) is 3. The molecule has 3 rings (SSSR count). The van der Waals surface area contributed by atoms with Gasteiger partial charge in [0.05, 0.1) is 5.56 Å². The van der Waals surface area contributed by atoms with E-state index in [1.54, 1.807) is 36.4 Å². The van der Waals surface area contributed by atoms with Crippen molar-refractivity contribution in [2.45, 2.75) is 19.1 Å². The summed E-state index contributed by atoms with van der Waals surface area (Å²) < 4.78 is 43.8. The van der Waals surface area contributed by atoms with Crippen molar-refractivity contribution in [3.63, 3.8) is 0 Å². The Morgan fingerprint density at radius 3 is 2.34 bits per heavy atom. The van der Waals surface area contributed by atoms with Crippen molar-refractivity contribution in [1.29, 1.82) is 0 Å². The molecule has 0 aliphatic carbocycles. The van der Waals surface area contributed by atoms with Crippen LogP contribution < -0.4 is 15.8 Å². The fourth-order valence-corrected chi connectivity index (χ4v) is 2.67. The van der Waals surface area contributed by atoms with Crippen LogP contribution in [-0.4, -0.2) is 17.9 Å². The molecule has 0 radical (unpaired) electrons. The molecule has 0 bridgehead atoms. The lowest BCUT2D eigenvalue weighted by Crippen LogP contribution is -2.42. The number of alkyl halides is 3. The van der Waals surface area contributed by atoms with E-state index in [1.165, 1.54) is 19.1 Å². The summed E-state index contributed by atoms with van der Waals surface area (Å²) in [6, 6.07) is 13.6. The molecular weight excluding hydrogens is 385 g/mol. The number of fused-ring (bicyclic) bond motifs is 1. The van der Waals surface area contributed by atoms with E-state index >= 15 is 0 Å². The molecule has 0 fully saturated rings. The number of hydrogen-bond donors (Lipinski definition) is 2. The molecule has 0 saturated heterocycles. The average molecular weight is 402 g/mol. The first-order chi connectivity index (χ1) is 13.6. The zero-order valence-corrected chi connectivity index (χ0v) is 15.3. The molecule has 1 atom stereocenters. The van der Waals surface area contributed by atoms with Gasteiger partial charge in [-0.3, -0.25) is 9.59 Å². The normalized spacial score (nSPS) is 12.4. The van der Waals surface area contributed by atoms with Crippen LogP contribution in [0.5, 0.6) is 11.5 Å². The summed E-state index contributed by atoms with van der Waals surface area (Å²) in [5, 5.41) is 3.86. The van der Waals surface area contributed by atoms with E-state index < -0.39 is 29.6 Å². The standard InChI is InChI=1S/C21H17F3N2O3/c1-12(19(25)27)26-20(28)14-5-10-17-13(11-14)3-2-4-18(17)29-16-8-6-15(7-9-16)21(22,23)24/h2-12H,1H3,(H2,25,27)(H,26,28). The van der Waals surface area contributed by atoms with E-state index in [9.17, 15) is 22.8 Å². The van der Waals surface area contributed by atoms with Crippen LogP contribution in [-0.2, 0) is 11.0 Å². The number of nitrogens with two attached hydrogens (primary N) is 1. The zero-order valence-electron chi connectivity index (χ0n) is 15.3. The van der Waals surface area contributed by atoms with E-state index in [-0.39, 0.29) is 5.75 Å². The van der Waals surface area contributed by atoms with Crippen LogP contribution in [0.2, 0.25) is 0 Å². The van der Waals surface area contributed by atoms with Crippen molar-refractivity contribution >= 4 is 22.6 Å². The predicted molar refractivity (Wildman–Crippen MR) is 102 cm³/mol. The fourth-order valence-electron chi connectivity index (χ4n) is 2.67.